The van der Waals surface area contributed by atoms with Crippen molar-refractivity contribution >= 4 is 22.9 Å². The van der Waals surface area contributed by atoms with Crippen LogP contribution in [0.15, 0.2) is 54.0 Å². The SMILES string of the molecule is Cc1nc(-c2ccc(NC(=O)c3ccccn3)cc2)cs1. The summed E-state index contributed by atoms with van der Waals surface area (Å²) in [7, 11) is 0. The van der Waals surface area contributed by atoms with Gasteiger partial charge in [-0.3, -0.25) is 9.78 Å². The van der Waals surface area contributed by atoms with Crippen molar-refractivity contribution < 1.29 is 4.79 Å². The molecule has 0 radical (unpaired) electrons. The number of benzene rings is 1. The van der Waals surface area contributed by atoms with E-state index in [0.29, 0.717) is 5.69 Å². The Kier molecular flexibility index (Phi) is 3.75. The Morgan fingerprint density at radius 2 is 1.95 bits per heavy atom. The molecule has 0 aliphatic rings. The largest absolute Gasteiger partial charge is 0.321 e. The van der Waals surface area contributed by atoms with Gasteiger partial charge in [0.05, 0.1) is 10.7 Å². The number of pyridine rings is 1. The maximum Gasteiger partial charge on any atom is 0.274 e. The second kappa shape index (κ2) is 5.85. The summed E-state index contributed by atoms with van der Waals surface area (Å²) in [6.07, 6.45) is 1.60. The van der Waals surface area contributed by atoms with Crippen molar-refractivity contribution in [3.63, 3.8) is 0 Å². The van der Waals surface area contributed by atoms with Crippen molar-refractivity contribution in [2.24, 2.45) is 0 Å². The molecule has 1 amide bonds. The fraction of sp³-hybridized carbons (Fsp3) is 0.0625. The Morgan fingerprint density at radius 1 is 1.14 bits per heavy atom. The van der Waals surface area contributed by atoms with E-state index in [1.54, 1.807) is 35.7 Å². The van der Waals surface area contributed by atoms with E-state index in [1.165, 1.54) is 0 Å². The van der Waals surface area contributed by atoms with Crippen LogP contribution in [0.5, 0.6) is 0 Å². The number of hydrogen-bond acceptors (Lipinski definition) is 4. The fourth-order valence-corrected chi connectivity index (χ4v) is 2.53. The topological polar surface area (TPSA) is 54.9 Å². The van der Waals surface area contributed by atoms with Gasteiger partial charge in [0.15, 0.2) is 0 Å². The molecule has 0 aliphatic carbocycles. The highest BCUT2D eigenvalue weighted by Crippen LogP contribution is 2.23. The summed E-state index contributed by atoms with van der Waals surface area (Å²) in [5.41, 5.74) is 3.13. The molecule has 1 N–H and O–H groups in total. The lowest BCUT2D eigenvalue weighted by Gasteiger charge is -2.05. The molecule has 104 valence electrons. The Morgan fingerprint density at radius 3 is 2.57 bits per heavy atom. The van der Waals surface area contributed by atoms with Crippen molar-refractivity contribution in [3.8, 4) is 11.3 Å². The summed E-state index contributed by atoms with van der Waals surface area (Å²) < 4.78 is 0. The predicted molar refractivity (Wildman–Crippen MR) is 84.5 cm³/mol. The van der Waals surface area contributed by atoms with Gasteiger partial charge in [-0.25, -0.2) is 4.98 Å². The van der Waals surface area contributed by atoms with Crippen LogP contribution in [0, 0.1) is 6.92 Å². The van der Waals surface area contributed by atoms with Gasteiger partial charge >= 0.3 is 0 Å². The fourth-order valence-electron chi connectivity index (χ4n) is 1.91. The van der Waals surface area contributed by atoms with E-state index < -0.39 is 0 Å². The highest BCUT2D eigenvalue weighted by atomic mass is 32.1. The van der Waals surface area contributed by atoms with Crippen molar-refractivity contribution in [3.05, 3.63) is 64.7 Å². The molecular formula is C16H13N3OS. The third-order valence-electron chi connectivity index (χ3n) is 2.96. The molecule has 3 rings (SSSR count). The second-order valence-electron chi connectivity index (χ2n) is 4.50. The zero-order valence-electron chi connectivity index (χ0n) is 11.4. The van der Waals surface area contributed by atoms with Gasteiger partial charge in [-0.2, -0.15) is 0 Å². The molecule has 5 heteroatoms. The summed E-state index contributed by atoms with van der Waals surface area (Å²) >= 11 is 1.62. The molecule has 3 aromatic rings. The molecule has 0 bridgehead atoms. The maximum absolute atomic E-state index is 12.0. The van der Waals surface area contributed by atoms with E-state index in [4.69, 9.17) is 0 Å². The van der Waals surface area contributed by atoms with Gasteiger partial charge in [-0.1, -0.05) is 18.2 Å². The molecule has 2 aromatic heterocycles. The second-order valence-corrected chi connectivity index (χ2v) is 5.56. The minimum absolute atomic E-state index is 0.215. The van der Waals surface area contributed by atoms with E-state index >= 15 is 0 Å². The van der Waals surface area contributed by atoms with Gasteiger partial charge in [0.1, 0.15) is 5.69 Å². The van der Waals surface area contributed by atoms with E-state index in [-0.39, 0.29) is 5.91 Å². The number of aryl methyl sites for hydroxylation is 1. The third kappa shape index (κ3) is 3.14. The van der Waals surface area contributed by atoms with Crippen molar-refractivity contribution in [2.75, 3.05) is 5.32 Å². The monoisotopic (exact) mass is 295 g/mol. The summed E-state index contributed by atoms with van der Waals surface area (Å²) in [5.74, 6) is -0.215. The van der Waals surface area contributed by atoms with Gasteiger partial charge in [-0.15, -0.1) is 11.3 Å². The molecule has 0 spiro atoms. The van der Waals surface area contributed by atoms with Crippen LogP contribution in [-0.4, -0.2) is 15.9 Å². The Labute approximate surface area is 126 Å². The molecular weight excluding hydrogens is 282 g/mol. The quantitative estimate of drug-likeness (QED) is 0.800. The lowest BCUT2D eigenvalue weighted by atomic mass is 10.1. The maximum atomic E-state index is 12.0. The number of aromatic nitrogens is 2. The number of anilines is 1. The third-order valence-corrected chi connectivity index (χ3v) is 3.73. The summed E-state index contributed by atoms with van der Waals surface area (Å²) in [5, 5.41) is 5.89. The van der Waals surface area contributed by atoms with Crippen LogP contribution < -0.4 is 5.32 Å². The van der Waals surface area contributed by atoms with Gasteiger partial charge in [0, 0.05) is 22.8 Å². The molecule has 0 fully saturated rings. The molecule has 0 saturated heterocycles. The van der Waals surface area contributed by atoms with Crippen LogP contribution in [-0.2, 0) is 0 Å². The first-order valence-corrected chi connectivity index (χ1v) is 7.35. The van der Waals surface area contributed by atoms with Crippen LogP contribution >= 0.6 is 11.3 Å². The van der Waals surface area contributed by atoms with E-state index in [1.807, 2.05) is 36.6 Å². The van der Waals surface area contributed by atoms with E-state index in [9.17, 15) is 4.79 Å². The Bertz CT molecular complexity index is 751. The van der Waals surface area contributed by atoms with E-state index in [0.717, 1.165) is 22.0 Å². The molecule has 4 nitrogen and oxygen atoms in total. The zero-order valence-corrected chi connectivity index (χ0v) is 12.2. The lowest BCUT2D eigenvalue weighted by molar-refractivity contribution is 0.102. The average Bonchev–Trinajstić information content (AvgIpc) is 2.95. The Hall–Kier alpha value is -2.53. The first-order chi connectivity index (χ1) is 10.2. The number of thiazole rings is 1. The van der Waals surface area contributed by atoms with Crippen molar-refractivity contribution in [1.29, 1.82) is 0 Å². The number of nitrogens with one attached hydrogen (secondary N) is 1. The minimum atomic E-state index is -0.215. The van der Waals surface area contributed by atoms with Gasteiger partial charge in [0.25, 0.3) is 5.91 Å². The number of carbonyl (C=O) groups is 1. The average molecular weight is 295 g/mol. The van der Waals surface area contributed by atoms with E-state index in [2.05, 4.69) is 15.3 Å². The highest BCUT2D eigenvalue weighted by Gasteiger charge is 2.07. The number of amides is 1. The van der Waals surface area contributed by atoms with Crippen LogP contribution in [0.1, 0.15) is 15.5 Å². The molecule has 0 unspecified atom stereocenters. The number of nitrogens with zero attached hydrogens (tertiary/aromatic N) is 2. The van der Waals surface area contributed by atoms with Crippen molar-refractivity contribution in [2.45, 2.75) is 6.92 Å². The predicted octanol–water partition coefficient (Wildman–Crippen LogP) is 3.77. The first kappa shape index (κ1) is 13.5. The number of carbonyl (C=O) groups excluding carboxylic acids is 1. The van der Waals surface area contributed by atoms with Crippen LogP contribution in [0.4, 0.5) is 5.69 Å². The van der Waals surface area contributed by atoms with Crippen molar-refractivity contribution in [1.82, 2.24) is 9.97 Å². The first-order valence-electron chi connectivity index (χ1n) is 6.47. The standard InChI is InChI=1S/C16H13N3OS/c1-11-18-15(10-21-11)12-5-7-13(8-6-12)19-16(20)14-4-2-3-9-17-14/h2-10H,1H3,(H,19,20). The number of hydrogen-bond donors (Lipinski definition) is 1. The number of rotatable bonds is 3. The zero-order chi connectivity index (χ0) is 14.7. The summed E-state index contributed by atoms with van der Waals surface area (Å²) in [6.45, 7) is 1.98. The minimum Gasteiger partial charge on any atom is -0.321 e. The Balaban J connectivity index is 1.74. The van der Waals surface area contributed by atoms with Gasteiger partial charge in [-0.05, 0) is 31.2 Å². The molecule has 2 heterocycles. The molecule has 0 atom stereocenters. The lowest BCUT2D eigenvalue weighted by Crippen LogP contribution is -2.13. The van der Waals surface area contributed by atoms with Crippen LogP contribution in [0.2, 0.25) is 0 Å². The van der Waals surface area contributed by atoms with Gasteiger partial charge in [0.2, 0.25) is 0 Å². The van der Waals surface area contributed by atoms with Crippen LogP contribution in [0.25, 0.3) is 11.3 Å². The molecule has 0 saturated carbocycles. The smallest absolute Gasteiger partial charge is 0.274 e. The van der Waals surface area contributed by atoms with Gasteiger partial charge < -0.3 is 5.32 Å². The molecule has 0 aliphatic heterocycles. The molecule has 1 aromatic carbocycles. The summed E-state index contributed by atoms with van der Waals surface area (Å²) in [6, 6.07) is 12.9. The summed E-state index contributed by atoms with van der Waals surface area (Å²) in [4.78, 5) is 20.5. The van der Waals surface area contributed by atoms with Crippen LogP contribution in [0.3, 0.4) is 0 Å². The normalized spacial score (nSPS) is 10.3. The molecule has 21 heavy (non-hydrogen) atoms. The highest BCUT2D eigenvalue weighted by molar-refractivity contribution is 7.09.